The normalized spacial score (nSPS) is 19.9. The quantitative estimate of drug-likeness (QED) is 0.735. The molecule has 1 fully saturated rings. The fourth-order valence-corrected chi connectivity index (χ4v) is 5.71. The highest BCUT2D eigenvalue weighted by atomic mass is 32.2. The monoisotopic (exact) mass is 445 g/mol. The van der Waals surface area contributed by atoms with E-state index in [-0.39, 0.29) is 29.8 Å². The largest absolute Gasteiger partial charge is 0.465 e. The first-order chi connectivity index (χ1) is 14.8. The number of hydrogen-bond donors (Lipinski definition) is 2. The van der Waals surface area contributed by atoms with Crippen molar-refractivity contribution in [2.45, 2.75) is 50.5 Å². The molecule has 0 aliphatic carbocycles. The van der Waals surface area contributed by atoms with E-state index in [9.17, 15) is 18.0 Å². The minimum atomic E-state index is -3.73. The molecule has 1 saturated heterocycles. The summed E-state index contributed by atoms with van der Waals surface area (Å²) in [5.74, 6) is 0.824. The molecule has 0 saturated carbocycles. The minimum Gasteiger partial charge on any atom is -0.465 e. The smallest absolute Gasteiger partial charge is 0.243 e. The van der Waals surface area contributed by atoms with Crippen LogP contribution in [0.2, 0.25) is 0 Å². The second-order valence-electron chi connectivity index (χ2n) is 8.15. The molecule has 31 heavy (non-hydrogen) atoms. The Labute approximate surface area is 182 Å². The molecule has 2 aliphatic heterocycles. The molecule has 1 aromatic heterocycles. The number of sulfonamides is 1. The third-order valence-corrected chi connectivity index (χ3v) is 7.69. The fraction of sp³-hybridized carbons (Fsp3) is 0.455. The summed E-state index contributed by atoms with van der Waals surface area (Å²) in [5, 5.41) is 5.68. The number of piperidine rings is 1. The Morgan fingerprint density at radius 3 is 2.84 bits per heavy atom. The number of carbonyl (C=O) groups is 2. The third kappa shape index (κ3) is 4.83. The Kier molecular flexibility index (Phi) is 6.15. The first-order valence-electron chi connectivity index (χ1n) is 10.6. The van der Waals surface area contributed by atoms with Gasteiger partial charge in [0.2, 0.25) is 21.8 Å². The lowest BCUT2D eigenvalue weighted by atomic mass is 9.99. The maximum atomic E-state index is 13.3. The molecule has 4 rings (SSSR count). The maximum absolute atomic E-state index is 13.3. The Hall–Kier alpha value is -2.65. The van der Waals surface area contributed by atoms with Gasteiger partial charge in [-0.2, -0.15) is 4.31 Å². The molecule has 3 heterocycles. The molecule has 9 heteroatoms. The van der Waals surface area contributed by atoms with Crippen LogP contribution in [0.5, 0.6) is 0 Å². The Morgan fingerprint density at radius 1 is 1.23 bits per heavy atom. The summed E-state index contributed by atoms with van der Waals surface area (Å²) in [7, 11) is -3.73. The topological polar surface area (TPSA) is 109 Å². The van der Waals surface area contributed by atoms with E-state index in [4.69, 9.17) is 4.42 Å². The molecule has 1 aromatic carbocycles. The molecule has 2 amide bonds. The molecule has 2 N–H and O–H groups in total. The number of hydrogen-bond acceptors (Lipinski definition) is 5. The van der Waals surface area contributed by atoms with Gasteiger partial charge in [0.05, 0.1) is 17.4 Å². The number of carbonyl (C=O) groups excluding carboxylic acids is 2. The van der Waals surface area contributed by atoms with Gasteiger partial charge >= 0.3 is 0 Å². The van der Waals surface area contributed by atoms with Crippen LogP contribution in [0.25, 0.3) is 0 Å². The van der Waals surface area contributed by atoms with Crippen LogP contribution in [-0.4, -0.2) is 37.6 Å². The lowest BCUT2D eigenvalue weighted by Crippen LogP contribution is -2.45. The van der Waals surface area contributed by atoms with Crippen molar-refractivity contribution in [3.8, 4) is 0 Å². The summed E-state index contributed by atoms with van der Waals surface area (Å²) < 4.78 is 33.4. The van der Waals surface area contributed by atoms with Gasteiger partial charge in [-0.1, -0.05) is 0 Å². The van der Waals surface area contributed by atoms with Crippen LogP contribution < -0.4 is 10.6 Å². The van der Waals surface area contributed by atoms with Crippen LogP contribution in [0.4, 0.5) is 5.69 Å². The zero-order valence-electron chi connectivity index (χ0n) is 17.5. The van der Waals surface area contributed by atoms with E-state index in [1.54, 1.807) is 12.1 Å². The van der Waals surface area contributed by atoms with Crippen LogP contribution in [0.15, 0.2) is 39.6 Å². The zero-order chi connectivity index (χ0) is 22.0. The van der Waals surface area contributed by atoms with Crippen LogP contribution >= 0.6 is 0 Å². The average molecular weight is 446 g/mol. The molecule has 0 bridgehead atoms. The van der Waals surface area contributed by atoms with E-state index in [0.29, 0.717) is 50.1 Å². The molecule has 0 spiro atoms. The predicted molar refractivity (Wildman–Crippen MR) is 115 cm³/mol. The van der Waals surface area contributed by atoms with Crippen molar-refractivity contribution in [2.75, 3.05) is 18.4 Å². The van der Waals surface area contributed by atoms with Gasteiger partial charge < -0.3 is 15.1 Å². The molecular weight excluding hydrogens is 418 g/mol. The first-order valence-corrected chi connectivity index (χ1v) is 12.0. The van der Waals surface area contributed by atoms with Gasteiger partial charge in [-0.05, 0) is 68.5 Å². The first kappa shape index (κ1) is 21.6. The molecule has 1 atom stereocenters. The number of anilines is 1. The van der Waals surface area contributed by atoms with E-state index < -0.39 is 15.9 Å². The van der Waals surface area contributed by atoms with Crippen molar-refractivity contribution in [3.05, 3.63) is 47.4 Å². The van der Waals surface area contributed by atoms with Gasteiger partial charge in [0.15, 0.2) is 0 Å². The van der Waals surface area contributed by atoms with Crippen molar-refractivity contribution in [3.63, 3.8) is 0 Å². The van der Waals surface area contributed by atoms with Crippen LogP contribution in [0, 0.1) is 12.8 Å². The van der Waals surface area contributed by atoms with Crippen molar-refractivity contribution in [2.24, 2.45) is 5.92 Å². The maximum Gasteiger partial charge on any atom is 0.243 e. The van der Waals surface area contributed by atoms with Gasteiger partial charge in [0.1, 0.15) is 11.5 Å². The van der Waals surface area contributed by atoms with Gasteiger partial charge in [-0.25, -0.2) is 8.42 Å². The predicted octanol–water partition coefficient (Wildman–Crippen LogP) is 2.58. The standard InChI is InChI=1S/C22H27N3O5S/c1-15-7-8-18(30-15)13-23-22(27)17-5-3-11-25(14-17)31(28,29)19-9-10-20-16(12-19)4-2-6-21(26)24-20/h7-10,12,17H,2-6,11,13-14H2,1H3,(H,23,27)(H,24,26)/t17-/m1/s1. The zero-order valence-corrected chi connectivity index (χ0v) is 18.3. The van der Waals surface area contributed by atoms with Gasteiger partial charge in [0, 0.05) is 25.2 Å². The van der Waals surface area contributed by atoms with E-state index in [0.717, 1.165) is 11.3 Å². The molecule has 166 valence electrons. The number of nitrogens with one attached hydrogen (secondary N) is 2. The molecule has 8 nitrogen and oxygen atoms in total. The van der Waals surface area contributed by atoms with E-state index >= 15 is 0 Å². The number of aryl methyl sites for hydroxylation is 2. The minimum absolute atomic E-state index is 0.0519. The third-order valence-electron chi connectivity index (χ3n) is 5.83. The number of nitrogens with zero attached hydrogens (tertiary/aromatic N) is 1. The van der Waals surface area contributed by atoms with Crippen molar-refractivity contribution in [1.82, 2.24) is 9.62 Å². The highest BCUT2D eigenvalue weighted by Gasteiger charge is 2.33. The lowest BCUT2D eigenvalue weighted by Gasteiger charge is -2.31. The Balaban J connectivity index is 1.45. The number of furan rings is 1. The van der Waals surface area contributed by atoms with Gasteiger partial charge in [-0.3, -0.25) is 9.59 Å². The van der Waals surface area contributed by atoms with E-state index in [2.05, 4.69) is 10.6 Å². The average Bonchev–Trinajstić information content (AvgIpc) is 3.08. The summed E-state index contributed by atoms with van der Waals surface area (Å²) in [4.78, 5) is 24.6. The summed E-state index contributed by atoms with van der Waals surface area (Å²) in [6, 6.07) is 8.49. The number of amides is 2. The van der Waals surface area contributed by atoms with E-state index in [1.165, 1.54) is 10.4 Å². The van der Waals surface area contributed by atoms with Crippen molar-refractivity contribution < 1.29 is 22.4 Å². The number of fused-ring (bicyclic) bond motifs is 1. The molecular formula is C22H27N3O5S. The lowest BCUT2D eigenvalue weighted by molar-refractivity contribution is -0.126. The van der Waals surface area contributed by atoms with Crippen LogP contribution in [-0.2, 0) is 32.6 Å². The second-order valence-corrected chi connectivity index (χ2v) is 10.1. The summed E-state index contributed by atoms with van der Waals surface area (Å²) >= 11 is 0. The summed E-state index contributed by atoms with van der Waals surface area (Å²) in [5.41, 5.74) is 1.50. The fourth-order valence-electron chi connectivity index (χ4n) is 4.13. The highest BCUT2D eigenvalue weighted by molar-refractivity contribution is 7.89. The molecule has 0 unspecified atom stereocenters. The second kappa shape index (κ2) is 8.84. The van der Waals surface area contributed by atoms with Gasteiger partial charge in [-0.15, -0.1) is 0 Å². The van der Waals surface area contributed by atoms with Crippen LogP contribution in [0.3, 0.4) is 0 Å². The summed E-state index contributed by atoms with van der Waals surface area (Å²) in [6.07, 6.45) is 3.03. The molecule has 2 aromatic rings. The van der Waals surface area contributed by atoms with E-state index in [1.807, 2.05) is 19.1 Å². The van der Waals surface area contributed by atoms with Gasteiger partial charge in [0.25, 0.3) is 0 Å². The molecule has 0 radical (unpaired) electrons. The number of benzene rings is 1. The Morgan fingerprint density at radius 2 is 2.06 bits per heavy atom. The number of rotatable bonds is 5. The molecule has 2 aliphatic rings. The van der Waals surface area contributed by atoms with Crippen LogP contribution in [0.1, 0.15) is 42.8 Å². The SMILES string of the molecule is Cc1ccc(CNC(=O)[C@@H]2CCCN(S(=O)(=O)c3ccc4c(c3)CCCC(=O)N4)C2)o1. The van der Waals surface area contributed by atoms with Crippen molar-refractivity contribution >= 4 is 27.5 Å². The Bertz CT molecular complexity index is 1090. The van der Waals surface area contributed by atoms with Crippen molar-refractivity contribution in [1.29, 1.82) is 0 Å². The highest BCUT2D eigenvalue weighted by Crippen LogP contribution is 2.29. The summed E-state index contributed by atoms with van der Waals surface area (Å²) in [6.45, 7) is 2.66.